The number of benzene rings is 1. The molecule has 2 N–H and O–H groups in total. The topological polar surface area (TPSA) is 66.8 Å². The second-order valence-electron chi connectivity index (χ2n) is 9.26. The van der Waals surface area contributed by atoms with Gasteiger partial charge in [-0.15, -0.1) is 0 Å². The number of phenols is 1. The van der Waals surface area contributed by atoms with Crippen molar-refractivity contribution < 1.29 is 19.7 Å². The molecule has 2 saturated carbocycles. The second-order valence-corrected chi connectivity index (χ2v) is 9.26. The Morgan fingerprint density at radius 2 is 2.11 bits per heavy atom. The molecule has 3 aliphatic rings. The molecule has 2 fully saturated rings. The maximum Gasteiger partial charge on any atom is 0.302 e. The molecular weight excluding hydrogens is 340 g/mol. The summed E-state index contributed by atoms with van der Waals surface area (Å²) in [6.07, 6.45) is 6.96. The molecule has 0 spiro atoms. The van der Waals surface area contributed by atoms with E-state index in [2.05, 4.69) is 13.0 Å². The molecule has 0 aliphatic heterocycles. The van der Waals surface area contributed by atoms with Gasteiger partial charge in [0.25, 0.3) is 0 Å². The van der Waals surface area contributed by atoms with Gasteiger partial charge in [0.05, 0.1) is 12.7 Å². The van der Waals surface area contributed by atoms with Crippen molar-refractivity contribution in [3.63, 3.8) is 0 Å². The van der Waals surface area contributed by atoms with Crippen LogP contribution in [0, 0.1) is 23.2 Å². The fraction of sp³-hybridized carbons (Fsp3) is 0.696. The van der Waals surface area contributed by atoms with Crippen LogP contribution in [0.1, 0.15) is 69.4 Å². The Morgan fingerprint density at radius 3 is 2.89 bits per heavy atom. The van der Waals surface area contributed by atoms with E-state index in [0.29, 0.717) is 36.0 Å². The summed E-state index contributed by atoms with van der Waals surface area (Å²) in [6.45, 7) is 4.24. The number of aliphatic hydroxyl groups excluding tert-OH is 1. The van der Waals surface area contributed by atoms with E-state index in [-0.39, 0.29) is 17.5 Å². The van der Waals surface area contributed by atoms with Gasteiger partial charge in [-0.05, 0) is 97.3 Å². The van der Waals surface area contributed by atoms with Crippen molar-refractivity contribution in [3.8, 4) is 5.75 Å². The number of rotatable bonds is 4. The van der Waals surface area contributed by atoms with Gasteiger partial charge in [-0.1, -0.05) is 13.0 Å². The van der Waals surface area contributed by atoms with Crippen molar-refractivity contribution in [1.82, 2.24) is 0 Å². The van der Waals surface area contributed by atoms with E-state index in [1.54, 1.807) is 0 Å². The number of aromatic hydroxyl groups is 1. The zero-order chi connectivity index (χ0) is 19.2. The molecule has 4 heteroatoms. The van der Waals surface area contributed by atoms with E-state index in [1.807, 2.05) is 12.1 Å². The third-order valence-electron chi connectivity index (χ3n) is 7.80. The molecule has 1 aromatic carbocycles. The lowest BCUT2D eigenvalue weighted by Crippen LogP contribution is -2.48. The Labute approximate surface area is 161 Å². The standard InChI is InChI=1S/C23H32O4/c1-14(24)27-11-3-4-16-13-23(2)20(9-10-21(23)26)19-7-5-15-12-17(25)6-8-18(15)22(16)19/h6,8,12,16,19-22,25-26H,3-5,7,9-11,13H2,1-2H3/t16-,19?,20?,21?,22?,23?/m0/s1. The molecule has 0 radical (unpaired) electrons. The van der Waals surface area contributed by atoms with E-state index in [1.165, 1.54) is 18.1 Å². The number of esters is 1. The minimum Gasteiger partial charge on any atom is -0.508 e. The largest absolute Gasteiger partial charge is 0.508 e. The third-order valence-corrected chi connectivity index (χ3v) is 7.80. The molecule has 4 rings (SSSR count). The zero-order valence-corrected chi connectivity index (χ0v) is 16.5. The molecule has 27 heavy (non-hydrogen) atoms. The van der Waals surface area contributed by atoms with Gasteiger partial charge >= 0.3 is 5.97 Å². The van der Waals surface area contributed by atoms with Crippen LogP contribution in [-0.2, 0) is 16.0 Å². The SMILES string of the molecule is CC(=O)OCCC[C@H]1CC2(C)C(O)CCC2C2CCc3cc(O)ccc3C21. The molecule has 5 unspecified atom stereocenters. The van der Waals surface area contributed by atoms with Crippen molar-refractivity contribution in [2.24, 2.45) is 23.2 Å². The van der Waals surface area contributed by atoms with Gasteiger partial charge in [0.2, 0.25) is 0 Å². The third kappa shape index (κ3) is 3.26. The quantitative estimate of drug-likeness (QED) is 0.615. The number of carbonyl (C=O) groups is 1. The molecule has 4 nitrogen and oxygen atoms in total. The molecule has 1 aromatic rings. The van der Waals surface area contributed by atoms with E-state index in [4.69, 9.17) is 4.74 Å². The first-order chi connectivity index (χ1) is 12.9. The van der Waals surface area contributed by atoms with Gasteiger partial charge in [-0.3, -0.25) is 4.79 Å². The molecule has 0 bridgehead atoms. The number of aliphatic hydroxyl groups is 1. The van der Waals surface area contributed by atoms with Crippen molar-refractivity contribution in [2.45, 2.75) is 70.8 Å². The molecule has 0 amide bonds. The highest BCUT2D eigenvalue weighted by Gasteiger charge is 2.57. The van der Waals surface area contributed by atoms with Crippen LogP contribution in [0.4, 0.5) is 0 Å². The molecular formula is C23H32O4. The fourth-order valence-corrected chi connectivity index (χ4v) is 6.69. The average molecular weight is 373 g/mol. The molecule has 0 aromatic heterocycles. The first-order valence-corrected chi connectivity index (χ1v) is 10.5. The molecule has 0 heterocycles. The van der Waals surface area contributed by atoms with Crippen molar-refractivity contribution >= 4 is 5.97 Å². The van der Waals surface area contributed by atoms with E-state index >= 15 is 0 Å². The highest BCUT2D eigenvalue weighted by Crippen LogP contribution is 2.63. The van der Waals surface area contributed by atoms with Gasteiger partial charge in [0.1, 0.15) is 5.75 Å². The van der Waals surface area contributed by atoms with Gasteiger partial charge in [0, 0.05) is 6.92 Å². The minimum atomic E-state index is -0.215. The van der Waals surface area contributed by atoms with Gasteiger partial charge in [0.15, 0.2) is 0 Å². The second kappa shape index (κ2) is 7.12. The smallest absolute Gasteiger partial charge is 0.302 e. The molecule has 6 atom stereocenters. The predicted molar refractivity (Wildman–Crippen MR) is 103 cm³/mol. The first-order valence-electron chi connectivity index (χ1n) is 10.5. The van der Waals surface area contributed by atoms with Gasteiger partial charge in [-0.2, -0.15) is 0 Å². The monoisotopic (exact) mass is 372 g/mol. The Balaban J connectivity index is 1.62. The van der Waals surface area contributed by atoms with E-state index in [9.17, 15) is 15.0 Å². The first kappa shape index (κ1) is 18.8. The van der Waals surface area contributed by atoms with Crippen LogP contribution < -0.4 is 0 Å². The number of carbonyl (C=O) groups excluding carboxylic acids is 1. The van der Waals surface area contributed by atoms with Crippen molar-refractivity contribution in [1.29, 1.82) is 0 Å². The van der Waals surface area contributed by atoms with E-state index in [0.717, 1.165) is 44.9 Å². The summed E-state index contributed by atoms with van der Waals surface area (Å²) >= 11 is 0. The maximum absolute atomic E-state index is 11.1. The lowest BCUT2D eigenvalue weighted by atomic mass is 9.51. The lowest BCUT2D eigenvalue weighted by Gasteiger charge is -2.54. The van der Waals surface area contributed by atoms with E-state index < -0.39 is 0 Å². The minimum absolute atomic E-state index is 0.0156. The van der Waals surface area contributed by atoms with Crippen molar-refractivity contribution in [2.75, 3.05) is 6.61 Å². The Kier molecular flexibility index (Phi) is 4.96. The summed E-state index contributed by atoms with van der Waals surface area (Å²) in [5.41, 5.74) is 2.72. The maximum atomic E-state index is 11.1. The Hall–Kier alpha value is -1.55. The summed E-state index contributed by atoms with van der Waals surface area (Å²) in [7, 11) is 0. The lowest BCUT2D eigenvalue weighted by molar-refractivity contribution is -0.141. The average Bonchev–Trinajstić information content (AvgIpc) is 2.92. The summed E-state index contributed by atoms with van der Waals surface area (Å²) in [4.78, 5) is 11.1. The summed E-state index contributed by atoms with van der Waals surface area (Å²) < 4.78 is 5.17. The Morgan fingerprint density at radius 1 is 1.30 bits per heavy atom. The van der Waals surface area contributed by atoms with Gasteiger partial charge < -0.3 is 14.9 Å². The highest BCUT2D eigenvalue weighted by atomic mass is 16.5. The summed E-state index contributed by atoms with van der Waals surface area (Å²) in [5, 5.41) is 20.7. The molecule has 3 aliphatic carbocycles. The Bertz CT molecular complexity index is 714. The summed E-state index contributed by atoms with van der Waals surface area (Å²) in [5.74, 6) is 2.32. The van der Waals surface area contributed by atoms with Gasteiger partial charge in [-0.25, -0.2) is 0 Å². The number of ether oxygens (including phenoxy) is 1. The van der Waals surface area contributed by atoms with Crippen LogP contribution in [0.2, 0.25) is 0 Å². The van der Waals surface area contributed by atoms with Crippen molar-refractivity contribution in [3.05, 3.63) is 29.3 Å². The number of hydrogen-bond donors (Lipinski definition) is 2. The molecule has 0 saturated heterocycles. The number of hydrogen-bond acceptors (Lipinski definition) is 4. The fourth-order valence-electron chi connectivity index (χ4n) is 6.69. The number of aryl methyl sites for hydroxylation is 1. The van der Waals surface area contributed by atoms with Crippen LogP contribution >= 0.6 is 0 Å². The van der Waals surface area contributed by atoms with Crippen LogP contribution in [0.3, 0.4) is 0 Å². The number of phenolic OH excluding ortho intramolecular Hbond substituents is 1. The molecule has 148 valence electrons. The predicted octanol–water partition coefficient (Wildman–Crippen LogP) is 4.18. The van der Waals surface area contributed by atoms with Crippen LogP contribution in [0.15, 0.2) is 18.2 Å². The summed E-state index contributed by atoms with van der Waals surface area (Å²) in [6, 6.07) is 5.90. The normalized spacial score (nSPS) is 37.2. The van der Waals surface area contributed by atoms with Crippen LogP contribution in [0.25, 0.3) is 0 Å². The highest BCUT2D eigenvalue weighted by molar-refractivity contribution is 5.65. The van der Waals surface area contributed by atoms with Crippen LogP contribution in [0.5, 0.6) is 5.75 Å². The number of fused-ring (bicyclic) bond motifs is 5. The zero-order valence-electron chi connectivity index (χ0n) is 16.5. The van der Waals surface area contributed by atoms with Crippen LogP contribution in [-0.4, -0.2) is 28.9 Å².